The minimum absolute atomic E-state index is 0.142. The number of ether oxygens (including phenoxy) is 1. The lowest BCUT2D eigenvalue weighted by Crippen LogP contribution is -2.28. The average Bonchev–Trinajstić information content (AvgIpc) is 3.02. The number of carbonyl (C=O) groups excluding carboxylic acids is 1. The Kier molecular flexibility index (Phi) is 2.56. The van der Waals surface area contributed by atoms with Crippen LogP contribution in [0.2, 0.25) is 5.02 Å². The summed E-state index contributed by atoms with van der Waals surface area (Å²) in [5.41, 5.74) is 7.71. The van der Waals surface area contributed by atoms with Crippen LogP contribution in [0.15, 0.2) is 18.5 Å². The standard InChI is InChI=1S/C12H12ClN3O2/c13-9-5-8(12(17)16-3-2-15-6-16)11-7(10(9)14)1-4-18-11/h2-3,5,15H,1,4,6,14H2. The van der Waals surface area contributed by atoms with Crippen molar-refractivity contribution < 1.29 is 9.53 Å². The van der Waals surface area contributed by atoms with E-state index in [9.17, 15) is 4.79 Å². The first-order valence-corrected chi connectivity index (χ1v) is 6.01. The molecule has 94 valence electrons. The Hall–Kier alpha value is -1.88. The molecule has 0 bridgehead atoms. The van der Waals surface area contributed by atoms with Crippen molar-refractivity contribution in [3.63, 3.8) is 0 Å². The Morgan fingerprint density at radius 2 is 2.39 bits per heavy atom. The summed E-state index contributed by atoms with van der Waals surface area (Å²) in [6.07, 6.45) is 4.10. The molecule has 0 atom stereocenters. The van der Waals surface area contributed by atoms with E-state index in [2.05, 4.69) is 5.32 Å². The Balaban J connectivity index is 2.07. The van der Waals surface area contributed by atoms with Crippen LogP contribution in [-0.4, -0.2) is 24.1 Å². The van der Waals surface area contributed by atoms with Crippen LogP contribution in [0.25, 0.3) is 0 Å². The van der Waals surface area contributed by atoms with Gasteiger partial charge < -0.3 is 15.8 Å². The van der Waals surface area contributed by atoms with Gasteiger partial charge in [0.1, 0.15) is 5.75 Å². The summed E-state index contributed by atoms with van der Waals surface area (Å²) < 4.78 is 5.52. The van der Waals surface area contributed by atoms with Crippen LogP contribution in [-0.2, 0) is 6.42 Å². The molecular formula is C12H12ClN3O2. The highest BCUT2D eigenvalue weighted by Crippen LogP contribution is 2.39. The van der Waals surface area contributed by atoms with Crippen LogP contribution in [0.4, 0.5) is 5.69 Å². The summed E-state index contributed by atoms with van der Waals surface area (Å²) in [6.45, 7) is 0.990. The van der Waals surface area contributed by atoms with Gasteiger partial charge in [0.2, 0.25) is 0 Å². The van der Waals surface area contributed by atoms with E-state index in [-0.39, 0.29) is 5.91 Å². The molecule has 6 heteroatoms. The lowest BCUT2D eigenvalue weighted by atomic mass is 10.0. The van der Waals surface area contributed by atoms with E-state index in [1.165, 1.54) is 0 Å². The zero-order valence-electron chi connectivity index (χ0n) is 9.57. The van der Waals surface area contributed by atoms with E-state index in [4.69, 9.17) is 22.1 Å². The van der Waals surface area contributed by atoms with Gasteiger partial charge in [-0.2, -0.15) is 0 Å². The predicted molar refractivity (Wildman–Crippen MR) is 68.4 cm³/mol. The zero-order chi connectivity index (χ0) is 12.7. The van der Waals surface area contributed by atoms with Crippen molar-refractivity contribution in [3.8, 4) is 5.75 Å². The second-order valence-electron chi connectivity index (χ2n) is 4.18. The molecule has 2 aliphatic heterocycles. The number of halogens is 1. The highest BCUT2D eigenvalue weighted by molar-refractivity contribution is 6.33. The second-order valence-corrected chi connectivity index (χ2v) is 4.59. The SMILES string of the molecule is Nc1c(Cl)cc(C(=O)N2C=CNC2)c2c1CCO2. The molecule has 1 amide bonds. The summed E-state index contributed by atoms with van der Waals surface area (Å²) in [7, 11) is 0. The van der Waals surface area contributed by atoms with Gasteiger partial charge in [0.05, 0.1) is 29.5 Å². The van der Waals surface area contributed by atoms with Gasteiger partial charge in [-0.15, -0.1) is 0 Å². The van der Waals surface area contributed by atoms with Gasteiger partial charge in [0, 0.05) is 24.4 Å². The number of nitrogens with zero attached hydrogens (tertiary/aromatic N) is 1. The maximum absolute atomic E-state index is 12.3. The number of nitrogen functional groups attached to an aromatic ring is 1. The molecule has 18 heavy (non-hydrogen) atoms. The minimum Gasteiger partial charge on any atom is -0.492 e. The first-order chi connectivity index (χ1) is 8.68. The minimum atomic E-state index is -0.142. The molecule has 0 aliphatic carbocycles. The number of hydrogen-bond donors (Lipinski definition) is 2. The van der Waals surface area contributed by atoms with Gasteiger partial charge in [-0.25, -0.2) is 0 Å². The summed E-state index contributed by atoms with van der Waals surface area (Å²) in [5.74, 6) is 0.429. The monoisotopic (exact) mass is 265 g/mol. The first kappa shape index (κ1) is 11.2. The number of fused-ring (bicyclic) bond motifs is 1. The quantitative estimate of drug-likeness (QED) is 0.752. The molecule has 0 unspecified atom stereocenters. The van der Waals surface area contributed by atoms with Gasteiger partial charge >= 0.3 is 0 Å². The van der Waals surface area contributed by atoms with Gasteiger partial charge in [0.15, 0.2) is 0 Å². The Morgan fingerprint density at radius 3 is 3.11 bits per heavy atom. The van der Waals surface area contributed by atoms with Crippen molar-refractivity contribution in [1.29, 1.82) is 0 Å². The number of anilines is 1. The zero-order valence-corrected chi connectivity index (χ0v) is 10.3. The molecule has 5 nitrogen and oxygen atoms in total. The summed E-state index contributed by atoms with van der Waals surface area (Å²) in [4.78, 5) is 13.9. The van der Waals surface area contributed by atoms with E-state index >= 15 is 0 Å². The van der Waals surface area contributed by atoms with Gasteiger partial charge in [0.25, 0.3) is 5.91 Å². The van der Waals surface area contributed by atoms with Crippen LogP contribution in [0.1, 0.15) is 15.9 Å². The van der Waals surface area contributed by atoms with Crippen LogP contribution >= 0.6 is 11.6 Å². The molecule has 0 aromatic heterocycles. The van der Waals surface area contributed by atoms with Crippen molar-refractivity contribution in [2.24, 2.45) is 0 Å². The molecule has 3 N–H and O–H groups in total. The van der Waals surface area contributed by atoms with Crippen molar-refractivity contribution >= 4 is 23.2 Å². The lowest BCUT2D eigenvalue weighted by Gasteiger charge is -2.16. The van der Waals surface area contributed by atoms with Gasteiger partial charge in [-0.3, -0.25) is 9.69 Å². The summed E-state index contributed by atoms with van der Waals surface area (Å²) in [6, 6.07) is 1.58. The fourth-order valence-corrected chi connectivity index (χ4v) is 2.39. The molecule has 0 saturated heterocycles. The molecule has 2 aliphatic rings. The topological polar surface area (TPSA) is 67.6 Å². The van der Waals surface area contributed by atoms with Crippen LogP contribution in [0.5, 0.6) is 5.75 Å². The Labute approximate surface area is 109 Å². The number of amides is 1. The third-order valence-electron chi connectivity index (χ3n) is 3.10. The largest absolute Gasteiger partial charge is 0.492 e. The molecule has 0 radical (unpaired) electrons. The number of hydrogen-bond acceptors (Lipinski definition) is 4. The van der Waals surface area contributed by atoms with E-state index in [0.717, 1.165) is 5.56 Å². The maximum Gasteiger partial charge on any atom is 0.263 e. The third-order valence-corrected chi connectivity index (χ3v) is 3.41. The predicted octanol–water partition coefficient (Wildman–Crippen LogP) is 1.33. The van der Waals surface area contributed by atoms with Gasteiger partial charge in [-0.05, 0) is 6.07 Å². The van der Waals surface area contributed by atoms with Crippen molar-refractivity contribution in [3.05, 3.63) is 34.6 Å². The summed E-state index contributed by atoms with van der Waals surface area (Å²) >= 11 is 6.06. The van der Waals surface area contributed by atoms with Crippen molar-refractivity contribution in [1.82, 2.24) is 10.2 Å². The van der Waals surface area contributed by atoms with Crippen LogP contribution in [0, 0.1) is 0 Å². The van der Waals surface area contributed by atoms with E-state index < -0.39 is 0 Å². The molecular weight excluding hydrogens is 254 g/mol. The van der Waals surface area contributed by atoms with E-state index in [1.807, 2.05) is 0 Å². The van der Waals surface area contributed by atoms with Crippen molar-refractivity contribution in [2.75, 3.05) is 19.0 Å². The molecule has 3 rings (SSSR count). The third kappa shape index (κ3) is 1.59. The fourth-order valence-electron chi connectivity index (χ4n) is 2.17. The maximum atomic E-state index is 12.3. The first-order valence-electron chi connectivity index (χ1n) is 5.63. The van der Waals surface area contributed by atoms with Gasteiger partial charge in [-0.1, -0.05) is 11.6 Å². The highest BCUT2D eigenvalue weighted by Gasteiger charge is 2.27. The molecule has 1 aromatic carbocycles. The highest BCUT2D eigenvalue weighted by atomic mass is 35.5. The number of nitrogens with one attached hydrogen (secondary N) is 1. The Bertz CT molecular complexity index is 557. The van der Waals surface area contributed by atoms with Crippen molar-refractivity contribution in [2.45, 2.75) is 6.42 Å². The molecule has 2 heterocycles. The number of rotatable bonds is 1. The smallest absolute Gasteiger partial charge is 0.263 e. The van der Waals surface area contributed by atoms with Crippen LogP contribution < -0.4 is 15.8 Å². The Morgan fingerprint density at radius 1 is 1.56 bits per heavy atom. The number of carbonyl (C=O) groups is 1. The number of benzene rings is 1. The molecule has 0 fully saturated rings. The normalized spacial score (nSPS) is 16.4. The van der Waals surface area contributed by atoms with E-state index in [0.29, 0.717) is 41.7 Å². The molecule has 0 spiro atoms. The van der Waals surface area contributed by atoms with Crippen LogP contribution in [0.3, 0.4) is 0 Å². The number of nitrogens with two attached hydrogens (primary N) is 1. The van der Waals surface area contributed by atoms with E-state index in [1.54, 1.807) is 23.4 Å². The summed E-state index contributed by atoms with van der Waals surface area (Å²) in [5, 5.41) is 3.34. The lowest BCUT2D eigenvalue weighted by molar-refractivity contribution is 0.0825. The molecule has 0 saturated carbocycles. The molecule has 1 aromatic rings. The fraction of sp³-hybridized carbons (Fsp3) is 0.250. The average molecular weight is 266 g/mol. The second kappa shape index (κ2) is 4.10.